The molecule has 0 aliphatic carbocycles. The first-order valence-electron chi connectivity index (χ1n) is 7.51. The predicted molar refractivity (Wildman–Crippen MR) is 97.6 cm³/mol. The Morgan fingerprint density at radius 2 is 1.33 bits per heavy atom. The molecule has 0 amide bonds. The number of hydrogen-bond acceptors (Lipinski definition) is 3. The van der Waals surface area contributed by atoms with Gasteiger partial charge in [0.15, 0.2) is 5.78 Å². The van der Waals surface area contributed by atoms with Gasteiger partial charge in [-0.25, -0.2) is 0 Å². The number of benzene rings is 3. The van der Waals surface area contributed by atoms with E-state index in [0.29, 0.717) is 22.5 Å². The van der Waals surface area contributed by atoms with Gasteiger partial charge in [0, 0.05) is 22.3 Å². The quantitative estimate of drug-likeness (QED) is 0.432. The molecule has 0 atom stereocenters. The minimum Gasteiger partial charge on any atom is -0.397 e. The summed E-state index contributed by atoms with van der Waals surface area (Å²) in [5, 5.41) is 0. The fraction of sp³-hybridized carbons (Fsp3) is 0. The van der Waals surface area contributed by atoms with E-state index in [2.05, 4.69) is 11.8 Å². The van der Waals surface area contributed by atoms with E-state index < -0.39 is 0 Å². The normalized spacial score (nSPS) is 9.83. The van der Waals surface area contributed by atoms with E-state index in [9.17, 15) is 4.79 Å². The second-order valence-electron chi connectivity index (χ2n) is 5.33. The minimum absolute atomic E-state index is 0.151. The van der Waals surface area contributed by atoms with E-state index in [0.717, 1.165) is 11.1 Å². The Hall–Kier alpha value is -3.51. The Labute approximate surface area is 140 Å². The highest BCUT2D eigenvalue weighted by atomic mass is 16.1. The number of ketones is 1. The van der Waals surface area contributed by atoms with E-state index in [4.69, 9.17) is 11.5 Å². The summed E-state index contributed by atoms with van der Waals surface area (Å²) in [6, 6.07) is 22.0. The Kier molecular flexibility index (Phi) is 4.31. The topological polar surface area (TPSA) is 69.1 Å². The zero-order chi connectivity index (χ0) is 16.9. The van der Waals surface area contributed by atoms with Gasteiger partial charge in [-0.15, -0.1) is 0 Å². The molecule has 0 aliphatic rings. The average Bonchev–Trinajstić information content (AvgIpc) is 2.63. The fourth-order valence-corrected chi connectivity index (χ4v) is 2.31. The van der Waals surface area contributed by atoms with Crippen LogP contribution in [0.2, 0.25) is 0 Å². The summed E-state index contributed by atoms with van der Waals surface area (Å²) in [5.74, 6) is 6.02. The Bertz CT molecular complexity index is 933. The standard InChI is InChI=1S/C21H16N2O/c22-19-8-4-7-18(20(19)23)21(24)17-13-11-16(12-14-17)10-9-15-5-2-1-3-6-15/h1-8,11-14H,22-23H2. The lowest BCUT2D eigenvalue weighted by Gasteiger charge is -2.07. The lowest BCUT2D eigenvalue weighted by molar-refractivity contribution is 0.103. The first-order chi connectivity index (χ1) is 11.6. The van der Waals surface area contributed by atoms with Gasteiger partial charge < -0.3 is 11.5 Å². The summed E-state index contributed by atoms with van der Waals surface area (Å²) < 4.78 is 0. The molecule has 3 rings (SSSR count). The summed E-state index contributed by atoms with van der Waals surface area (Å²) >= 11 is 0. The maximum absolute atomic E-state index is 12.5. The monoisotopic (exact) mass is 312 g/mol. The van der Waals surface area contributed by atoms with Gasteiger partial charge in [-0.2, -0.15) is 0 Å². The largest absolute Gasteiger partial charge is 0.397 e. The molecule has 116 valence electrons. The molecule has 3 aromatic rings. The molecule has 0 saturated carbocycles. The van der Waals surface area contributed by atoms with Gasteiger partial charge in [0.1, 0.15) is 0 Å². The molecule has 0 fully saturated rings. The summed E-state index contributed by atoms with van der Waals surface area (Å²) in [5.41, 5.74) is 15.1. The molecule has 0 spiro atoms. The van der Waals surface area contributed by atoms with Crippen LogP contribution in [0.25, 0.3) is 0 Å². The van der Waals surface area contributed by atoms with Crippen LogP contribution in [-0.4, -0.2) is 5.78 Å². The molecule has 0 heterocycles. The second kappa shape index (κ2) is 6.72. The van der Waals surface area contributed by atoms with Crippen LogP contribution >= 0.6 is 0 Å². The molecule has 3 nitrogen and oxygen atoms in total. The second-order valence-corrected chi connectivity index (χ2v) is 5.33. The van der Waals surface area contributed by atoms with Crippen LogP contribution in [0.15, 0.2) is 72.8 Å². The van der Waals surface area contributed by atoms with Crippen molar-refractivity contribution < 1.29 is 4.79 Å². The van der Waals surface area contributed by atoms with Crippen molar-refractivity contribution in [2.24, 2.45) is 0 Å². The maximum atomic E-state index is 12.5. The van der Waals surface area contributed by atoms with Crippen molar-refractivity contribution in [3.8, 4) is 11.8 Å². The molecule has 0 unspecified atom stereocenters. The number of nitrogen functional groups attached to an aromatic ring is 2. The van der Waals surface area contributed by atoms with Crippen molar-refractivity contribution in [1.29, 1.82) is 0 Å². The van der Waals surface area contributed by atoms with Gasteiger partial charge in [-0.05, 0) is 48.5 Å². The van der Waals surface area contributed by atoms with E-state index in [-0.39, 0.29) is 5.78 Å². The van der Waals surface area contributed by atoms with E-state index >= 15 is 0 Å². The molecule has 0 bridgehead atoms. The smallest absolute Gasteiger partial charge is 0.195 e. The maximum Gasteiger partial charge on any atom is 0.195 e. The van der Waals surface area contributed by atoms with Crippen LogP contribution in [0, 0.1) is 11.8 Å². The third-order valence-electron chi connectivity index (χ3n) is 3.66. The van der Waals surface area contributed by atoms with E-state index in [1.165, 1.54) is 0 Å². The number of anilines is 2. The SMILES string of the molecule is Nc1cccc(C(=O)c2ccc(C#Cc3ccccc3)cc2)c1N. The highest BCUT2D eigenvalue weighted by molar-refractivity contribution is 6.13. The van der Waals surface area contributed by atoms with Crippen molar-refractivity contribution in [2.45, 2.75) is 0 Å². The van der Waals surface area contributed by atoms with E-state index in [1.807, 2.05) is 42.5 Å². The van der Waals surface area contributed by atoms with Crippen molar-refractivity contribution >= 4 is 17.2 Å². The number of carbonyl (C=O) groups excluding carboxylic acids is 1. The van der Waals surface area contributed by atoms with Crippen LogP contribution < -0.4 is 11.5 Å². The van der Waals surface area contributed by atoms with Gasteiger partial charge in [0.05, 0.1) is 11.4 Å². The summed E-state index contributed by atoms with van der Waals surface area (Å²) in [4.78, 5) is 12.5. The summed E-state index contributed by atoms with van der Waals surface area (Å²) in [6.45, 7) is 0. The molecule has 3 aromatic carbocycles. The Morgan fingerprint density at radius 1 is 0.708 bits per heavy atom. The van der Waals surface area contributed by atoms with Crippen molar-refractivity contribution in [3.63, 3.8) is 0 Å². The minimum atomic E-state index is -0.151. The van der Waals surface area contributed by atoms with Crippen LogP contribution in [0.5, 0.6) is 0 Å². The lowest BCUT2D eigenvalue weighted by atomic mass is 10.00. The molecule has 0 aromatic heterocycles. The number of para-hydroxylation sites is 1. The molecular formula is C21H16N2O. The highest BCUT2D eigenvalue weighted by Gasteiger charge is 2.13. The number of rotatable bonds is 2. The van der Waals surface area contributed by atoms with Gasteiger partial charge in [0.25, 0.3) is 0 Å². The fourth-order valence-electron chi connectivity index (χ4n) is 2.31. The summed E-state index contributed by atoms with van der Waals surface area (Å²) in [7, 11) is 0. The number of carbonyl (C=O) groups is 1. The van der Waals surface area contributed by atoms with E-state index in [1.54, 1.807) is 30.3 Å². The molecule has 3 heteroatoms. The Balaban J connectivity index is 1.83. The average molecular weight is 312 g/mol. The van der Waals surface area contributed by atoms with Crippen LogP contribution in [-0.2, 0) is 0 Å². The third-order valence-corrected chi connectivity index (χ3v) is 3.66. The number of nitrogens with two attached hydrogens (primary N) is 2. The molecule has 24 heavy (non-hydrogen) atoms. The third kappa shape index (κ3) is 3.29. The molecular weight excluding hydrogens is 296 g/mol. The summed E-state index contributed by atoms with van der Waals surface area (Å²) in [6.07, 6.45) is 0. The molecule has 4 N–H and O–H groups in total. The first kappa shape index (κ1) is 15.4. The van der Waals surface area contributed by atoms with Gasteiger partial charge in [0.2, 0.25) is 0 Å². The highest BCUT2D eigenvalue weighted by Crippen LogP contribution is 2.22. The molecule has 0 aliphatic heterocycles. The lowest BCUT2D eigenvalue weighted by Crippen LogP contribution is -2.07. The van der Waals surface area contributed by atoms with Crippen molar-refractivity contribution in [3.05, 3.63) is 95.1 Å². The van der Waals surface area contributed by atoms with Crippen molar-refractivity contribution in [2.75, 3.05) is 11.5 Å². The Morgan fingerprint density at radius 3 is 2.00 bits per heavy atom. The van der Waals surface area contributed by atoms with Crippen molar-refractivity contribution in [1.82, 2.24) is 0 Å². The zero-order valence-electron chi connectivity index (χ0n) is 13.0. The van der Waals surface area contributed by atoms with Gasteiger partial charge >= 0.3 is 0 Å². The van der Waals surface area contributed by atoms with Crippen LogP contribution in [0.4, 0.5) is 11.4 Å². The van der Waals surface area contributed by atoms with Gasteiger partial charge in [-0.3, -0.25) is 4.79 Å². The molecule has 0 saturated heterocycles. The zero-order valence-corrected chi connectivity index (χ0v) is 13.0. The number of hydrogen-bond donors (Lipinski definition) is 2. The van der Waals surface area contributed by atoms with Gasteiger partial charge in [-0.1, -0.05) is 36.1 Å². The predicted octanol–water partition coefficient (Wildman–Crippen LogP) is 3.48. The van der Waals surface area contributed by atoms with Crippen LogP contribution in [0.1, 0.15) is 27.0 Å². The first-order valence-corrected chi connectivity index (χ1v) is 7.51. The van der Waals surface area contributed by atoms with Crippen LogP contribution in [0.3, 0.4) is 0 Å². The molecule has 0 radical (unpaired) electrons.